The second-order valence-electron chi connectivity index (χ2n) is 6.92. The van der Waals surface area contributed by atoms with Crippen molar-refractivity contribution in [2.45, 2.75) is 49.0 Å². The first kappa shape index (κ1) is 22.3. The first-order valence-electron chi connectivity index (χ1n) is 9.82. The van der Waals surface area contributed by atoms with E-state index in [0.717, 1.165) is 17.6 Å². The molecule has 1 unspecified atom stereocenters. The largest absolute Gasteiger partial charge is 0.319 e. The third-order valence-electron chi connectivity index (χ3n) is 4.74. The third kappa shape index (κ3) is 4.69. The fourth-order valence-electron chi connectivity index (χ4n) is 3.30. The van der Waals surface area contributed by atoms with E-state index < -0.39 is 10.0 Å². The van der Waals surface area contributed by atoms with E-state index in [-0.39, 0.29) is 16.1 Å². The van der Waals surface area contributed by atoms with E-state index in [1.165, 1.54) is 23.9 Å². The SMILES string of the molecule is CCCn1c(SC(C)C(=O)N(CC)c2ccccc2)nc2cc(S(N)(=O)=O)ccc21. The van der Waals surface area contributed by atoms with E-state index >= 15 is 0 Å². The Morgan fingerprint density at radius 1 is 1.20 bits per heavy atom. The Balaban J connectivity index is 1.93. The maximum atomic E-state index is 13.1. The zero-order chi connectivity index (χ0) is 21.9. The van der Waals surface area contributed by atoms with Crippen molar-refractivity contribution in [2.24, 2.45) is 5.14 Å². The molecular weight excluding hydrogens is 420 g/mol. The lowest BCUT2D eigenvalue weighted by Crippen LogP contribution is -2.36. The smallest absolute Gasteiger partial charge is 0.240 e. The molecule has 0 saturated carbocycles. The molecule has 1 amide bonds. The average Bonchev–Trinajstić information content (AvgIpc) is 3.05. The van der Waals surface area contributed by atoms with Gasteiger partial charge in [-0.15, -0.1) is 0 Å². The summed E-state index contributed by atoms with van der Waals surface area (Å²) >= 11 is 1.38. The lowest BCUT2D eigenvalue weighted by Gasteiger charge is -2.24. The number of carbonyl (C=O) groups is 1. The van der Waals surface area contributed by atoms with Crippen LogP contribution in [0, 0.1) is 0 Å². The van der Waals surface area contributed by atoms with Crippen LogP contribution in [-0.2, 0) is 21.4 Å². The number of sulfonamides is 1. The van der Waals surface area contributed by atoms with Crippen LogP contribution in [0.1, 0.15) is 27.2 Å². The van der Waals surface area contributed by atoms with Crippen molar-refractivity contribution in [2.75, 3.05) is 11.4 Å². The molecule has 30 heavy (non-hydrogen) atoms. The van der Waals surface area contributed by atoms with Gasteiger partial charge in [0.05, 0.1) is 21.2 Å². The number of nitrogens with zero attached hydrogens (tertiary/aromatic N) is 3. The molecule has 2 N–H and O–H groups in total. The molecule has 160 valence electrons. The fourth-order valence-corrected chi connectivity index (χ4v) is 4.84. The van der Waals surface area contributed by atoms with Crippen molar-refractivity contribution in [3.8, 4) is 0 Å². The van der Waals surface area contributed by atoms with Crippen molar-refractivity contribution in [1.82, 2.24) is 9.55 Å². The molecule has 3 aromatic rings. The van der Waals surface area contributed by atoms with Crippen LogP contribution < -0.4 is 10.0 Å². The molecule has 0 aliphatic heterocycles. The van der Waals surface area contributed by atoms with Gasteiger partial charge in [-0.3, -0.25) is 4.79 Å². The molecule has 0 bridgehead atoms. The van der Waals surface area contributed by atoms with E-state index in [1.54, 1.807) is 11.0 Å². The second kappa shape index (κ2) is 9.20. The number of anilines is 1. The van der Waals surface area contributed by atoms with E-state index in [4.69, 9.17) is 5.14 Å². The molecular formula is C21H26N4O3S2. The van der Waals surface area contributed by atoms with Crippen molar-refractivity contribution < 1.29 is 13.2 Å². The van der Waals surface area contributed by atoms with Gasteiger partial charge in [0.15, 0.2) is 5.16 Å². The zero-order valence-corrected chi connectivity index (χ0v) is 18.9. The molecule has 0 aliphatic carbocycles. The predicted octanol–water partition coefficient (Wildman–Crippen LogP) is 3.63. The van der Waals surface area contributed by atoms with Gasteiger partial charge in [0.25, 0.3) is 0 Å². The van der Waals surface area contributed by atoms with Crippen LogP contribution in [0.4, 0.5) is 5.69 Å². The number of carbonyl (C=O) groups excluding carboxylic acids is 1. The van der Waals surface area contributed by atoms with Gasteiger partial charge < -0.3 is 9.47 Å². The van der Waals surface area contributed by atoms with Crippen LogP contribution in [0.5, 0.6) is 0 Å². The van der Waals surface area contributed by atoms with Crippen LogP contribution in [0.15, 0.2) is 58.6 Å². The van der Waals surface area contributed by atoms with Crippen molar-refractivity contribution in [3.63, 3.8) is 0 Å². The normalized spacial score (nSPS) is 12.8. The van der Waals surface area contributed by atoms with Gasteiger partial charge in [0.2, 0.25) is 15.9 Å². The minimum atomic E-state index is -3.81. The van der Waals surface area contributed by atoms with Crippen molar-refractivity contribution >= 4 is 44.4 Å². The number of imidazole rings is 1. The second-order valence-corrected chi connectivity index (χ2v) is 9.79. The molecule has 0 saturated heterocycles. The van der Waals surface area contributed by atoms with Gasteiger partial charge in [-0.05, 0) is 50.6 Å². The Morgan fingerprint density at radius 2 is 1.90 bits per heavy atom. The predicted molar refractivity (Wildman–Crippen MR) is 121 cm³/mol. The lowest BCUT2D eigenvalue weighted by molar-refractivity contribution is -0.117. The Morgan fingerprint density at radius 3 is 2.50 bits per heavy atom. The van der Waals surface area contributed by atoms with Gasteiger partial charge in [-0.1, -0.05) is 36.9 Å². The Bertz CT molecular complexity index is 1140. The summed E-state index contributed by atoms with van der Waals surface area (Å²) in [6.45, 7) is 7.15. The van der Waals surface area contributed by atoms with Gasteiger partial charge in [-0.25, -0.2) is 18.5 Å². The Kier molecular flexibility index (Phi) is 6.84. The minimum absolute atomic E-state index is 0.00553. The lowest BCUT2D eigenvalue weighted by atomic mass is 10.2. The number of fused-ring (bicyclic) bond motifs is 1. The number of nitrogens with two attached hydrogens (primary N) is 1. The molecule has 0 fully saturated rings. The molecule has 1 aromatic heterocycles. The highest BCUT2D eigenvalue weighted by Gasteiger charge is 2.24. The summed E-state index contributed by atoms with van der Waals surface area (Å²) in [4.78, 5) is 19.5. The molecule has 1 heterocycles. The van der Waals surface area contributed by atoms with Crippen LogP contribution in [0.3, 0.4) is 0 Å². The zero-order valence-electron chi connectivity index (χ0n) is 17.3. The molecule has 0 spiro atoms. The maximum Gasteiger partial charge on any atom is 0.240 e. The molecule has 1 atom stereocenters. The summed E-state index contributed by atoms with van der Waals surface area (Å²) in [6.07, 6.45) is 0.878. The first-order valence-corrected chi connectivity index (χ1v) is 12.2. The number of primary sulfonamides is 1. The van der Waals surface area contributed by atoms with Crippen LogP contribution in [0.2, 0.25) is 0 Å². The van der Waals surface area contributed by atoms with Gasteiger partial charge >= 0.3 is 0 Å². The maximum absolute atomic E-state index is 13.1. The molecule has 3 rings (SSSR count). The molecule has 0 radical (unpaired) electrons. The summed E-state index contributed by atoms with van der Waals surface area (Å²) < 4.78 is 25.4. The van der Waals surface area contributed by atoms with E-state index in [0.29, 0.717) is 23.8 Å². The minimum Gasteiger partial charge on any atom is -0.319 e. The van der Waals surface area contributed by atoms with Gasteiger partial charge in [-0.2, -0.15) is 0 Å². The average molecular weight is 447 g/mol. The van der Waals surface area contributed by atoms with Gasteiger partial charge in [0, 0.05) is 18.8 Å². The summed E-state index contributed by atoms with van der Waals surface area (Å²) in [7, 11) is -3.81. The van der Waals surface area contributed by atoms with Crippen LogP contribution in [0.25, 0.3) is 11.0 Å². The van der Waals surface area contributed by atoms with Crippen molar-refractivity contribution in [3.05, 3.63) is 48.5 Å². The summed E-state index contributed by atoms with van der Waals surface area (Å²) in [5.41, 5.74) is 2.23. The molecule has 0 aliphatic rings. The molecule has 7 nitrogen and oxygen atoms in total. The number of aryl methyl sites for hydroxylation is 1. The fraction of sp³-hybridized carbons (Fsp3) is 0.333. The standard InChI is InChI=1S/C21H26N4O3S2/c1-4-13-25-19-12-11-17(30(22,27)28)14-18(19)23-21(25)29-15(3)20(26)24(5-2)16-9-7-6-8-10-16/h6-12,14-15H,4-5,13H2,1-3H3,(H2,22,27,28). The summed E-state index contributed by atoms with van der Waals surface area (Å²) in [5, 5.41) is 5.58. The van der Waals surface area contributed by atoms with E-state index in [9.17, 15) is 13.2 Å². The highest BCUT2D eigenvalue weighted by atomic mass is 32.2. The number of aromatic nitrogens is 2. The highest BCUT2D eigenvalue weighted by molar-refractivity contribution is 8.00. The van der Waals surface area contributed by atoms with Crippen molar-refractivity contribution in [1.29, 1.82) is 0 Å². The van der Waals surface area contributed by atoms with E-state index in [2.05, 4.69) is 11.9 Å². The third-order valence-corrected chi connectivity index (χ3v) is 6.73. The number of benzene rings is 2. The summed E-state index contributed by atoms with van der Waals surface area (Å²) in [5.74, 6) is -0.00553. The monoisotopic (exact) mass is 446 g/mol. The highest BCUT2D eigenvalue weighted by Crippen LogP contribution is 2.30. The number of thioether (sulfide) groups is 1. The van der Waals surface area contributed by atoms with E-state index in [1.807, 2.05) is 48.7 Å². The Labute approximate surface area is 181 Å². The van der Waals surface area contributed by atoms with Crippen LogP contribution in [-0.4, -0.2) is 35.7 Å². The molecule has 9 heteroatoms. The number of rotatable bonds is 8. The number of amides is 1. The topological polar surface area (TPSA) is 98.3 Å². The van der Waals surface area contributed by atoms with Gasteiger partial charge in [0.1, 0.15) is 0 Å². The Hall–Kier alpha value is -2.36. The molecule has 2 aromatic carbocycles. The number of para-hydroxylation sites is 1. The number of hydrogen-bond acceptors (Lipinski definition) is 5. The van der Waals surface area contributed by atoms with Crippen LogP contribution >= 0.6 is 11.8 Å². The number of hydrogen-bond donors (Lipinski definition) is 1. The quantitative estimate of drug-likeness (QED) is 0.533. The summed E-state index contributed by atoms with van der Waals surface area (Å²) in [6, 6.07) is 14.3. The first-order chi connectivity index (χ1) is 14.3.